The minimum atomic E-state index is -5.08. The number of carbonyl (C=O) groups is 3. The number of hydrogen-bond donors (Lipinski definition) is 3. The van der Waals surface area contributed by atoms with E-state index in [2.05, 4.69) is 41.1 Å². The quantitative estimate of drug-likeness (QED) is 0.212. The summed E-state index contributed by atoms with van der Waals surface area (Å²) < 4.78 is 69.5. The SMILES string of the molecule is CC(C)COc1ccccc1CN1CCC2(CC1)CCN(C(=O)c1cc([N+](=O)[O-])[nH]n1)C2.O=C(O)C(F)(F)F.O=C(O)C(F)(F)F. The van der Waals surface area contributed by atoms with Crippen LogP contribution in [-0.2, 0) is 16.1 Å². The maximum Gasteiger partial charge on any atom is 0.490 e. The molecule has 1 aromatic carbocycles. The monoisotopic (exact) mass is 669 g/mol. The van der Waals surface area contributed by atoms with E-state index in [4.69, 9.17) is 24.5 Å². The molecule has 4 rings (SSSR count). The third-order valence-electron chi connectivity index (χ3n) is 7.05. The van der Waals surface area contributed by atoms with Crippen LogP contribution in [0.1, 0.15) is 49.2 Å². The number of nitrogens with zero attached hydrogens (tertiary/aromatic N) is 4. The molecule has 0 unspecified atom stereocenters. The van der Waals surface area contributed by atoms with E-state index < -0.39 is 29.2 Å². The van der Waals surface area contributed by atoms with Gasteiger partial charge in [-0.3, -0.25) is 9.69 Å². The van der Waals surface area contributed by atoms with Crippen LogP contribution < -0.4 is 4.74 Å². The first-order chi connectivity index (χ1) is 21.2. The minimum Gasteiger partial charge on any atom is -0.493 e. The second kappa shape index (κ2) is 15.7. The molecule has 0 saturated carbocycles. The summed E-state index contributed by atoms with van der Waals surface area (Å²) in [7, 11) is 0. The number of halogens is 6. The number of alkyl halides is 6. The smallest absolute Gasteiger partial charge is 0.490 e. The van der Waals surface area contributed by atoms with E-state index in [0.717, 1.165) is 44.6 Å². The number of H-pyrrole nitrogens is 1. The van der Waals surface area contributed by atoms with Crippen LogP contribution in [-0.4, -0.2) is 98.1 Å². The number of aromatic nitrogens is 2. The molecule has 2 saturated heterocycles. The Hall–Kier alpha value is -4.42. The summed E-state index contributed by atoms with van der Waals surface area (Å²) in [5.74, 6) is -4.55. The van der Waals surface area contributed by atoms with Crippen molar-refractivity contribution in [1.29, 1.82) is 0 Å². The molecule has 3 heterocycles. The second-order valence-corrected chi connectivity index (χ2v) is 11.1. The summed E-state index contributed by atoms with van der Waals surface area (Å²) in [6.07, 6.45) is -7.13. The van der Waals surface area contributed by atoms with Crippen LogP contribution in [0.2, 0.25) is 0 Å². The minimum absolute atomic E-state index is 0.115. The lowest BCUT2D eigenvalue weighted by Gasteiger charge is -2.39. The fourth-order valence-corrected chi connectivity index (χ4v) is 4.65. The predicted molar refractivity (Wildman–Crippen MR) is 147 cm³/mol. The van der Waals surface area contributed by atoms with Gasteiger partial charge in [0.1, 0.15) is 5.75 Å². The van der Waals surface area contributed by atoms with Gasteiger partial charge in [0.25, 0.3) is 5.91 Å². The lowest BCUT2D eigenvalue weighted by Crippen LogP contribution is -2.42. The lowest BCUT2D eigenvalue weighted by atomic mass is 9.77. The number of ether oxygens (including phenoxy) is 1. The normalized spacial score (nSPS) is 16.2. The van der Waals surface area contributed by atoms with E-state index in [1.807, 2.05) is 12.1 Å². The molecule has 1 amide bonds. The zero-order valence-electron chi connectivity index (χ0n) is 24.7. The van der Waals surface area contributed by atoms with Crippen LogP contribution in [0.15, 0.2) is 30.3 Å². The highest BCUT2D eigenvalue weighted by atomic mass is 19.4. The number of carbonyl (C=O) groups excluding carboxylic acids is 1. The van der Waals surface area contributed by atoms with Gasteiger partial charge in [-0.25, -0.2) is 9.59 Å². The summed E-state index contributed by atoms with van der Waals surface area (Å²) in [5.41, 5.74) is 1.46. The van der Waals surface area contributed by atoms with Crippen LogP contribution in [0.25, 0.3) is 0 Å². The number of hydrogen-bond acceptors (Lipinski definition) is 8. The van der Waals surface area contributed by atoms with Gasteiger partial charge in [0.2, 0.25) is 0 Å². The molecule has 46 heavy (non-hydrogen) atoms. The highest BCUT2D eigenvalue weighted by Crippen LogP contribution is 2.41. The topological polar surface area (TPSA) is 179 Å². The first kappa shape index (κ1) is 37.8. The lowest BCUT2D eigenvalue weighted by molar-refractivity contribution is -0.389. The molecule has 13 nitrogen and oxygen atoms in total. The first-order valence-electron chi connectivity index (χ1n) is 13.8. The van der Waals surface area contributed by atoms with Gasteiger partial charge in [-0.2, -0.15) is 26.3 Å². The van der Waals surface area contributed by atoms with Crippen molar-refractivity contribution in [3.05, 3.63) is 51.7 Å². The average Bonchev–Trinajstić information content (AvgIpc) is 3.62. The maximum atomic E-state index is 12.8. The number of carboxylic acid groups (broad SMARTS) is 2. The van der Waals surface area contributed by atoms with Crippen molar-refractivity contribution in [2.45, 2.75) is 52.0 Å². The number of piperidine rings is 1. The van der Waals surface area contributed by atoms with Crippen molar-refractivity contribution in [3.8, 4) is 5.75 Å². The molecule has 2 aromatic rings. The third kappa shape index (κ3) is 11.5. The van der Waals surface area contributed by atoms with E-state index >= 15 is 0 Å². The average molecular weight is 670 g/mol. The molecule has 0 aliphatic carbocycles. The Bertz CT molecular complexity index is 1330. The van der Waals surface area contributed by atoms with Crippen molar-refractivity contribution in [2.24, 2.45) is 11.3 Å². The Labute approximate surface area is 258 Å². The van der Waals surface area contributed by atoms with Gasteiger partial charge in [-0.15, -0.1) is 5.10 Å². The number of likely N-dealkylation sites (tertiary alicyclic amines) is 2. The van der Waals surface area contributed by atoms with Gasteiger partial charge in [0.05, 0.1) is 12.7 Å². The fourth-order valence-electron chi connectivity index (χ4n) is 4.65. The van der Waals surface area contributed by atoms with Crippen LogP contribution >= 0.6 is 0 Å². The maximum absolute atomic E-state index is 12.8. The first-order valence-corrected chi connectivity index (χ1v) is 13.8. The van der Waals surface area contributed by atoms with Crippen molar-refractivity contribution < 1.29 is 60.6 Å². The largest absolute Gasteiger partial charge is 0.493 e. The standard InChI is InChI=1S/C23H31N5O4.2C2HF3O2/c1-17(2)15-32-20-6-4-3-5-18(20)14-26-10-7-23(8-11-26)9-12-27(16-23)22(29)19-13-21(25-24-19)28(30)31;2*3-2(4,5)1(6)7/h3-6,13,17H,7-12,14-16H2,1-2H3,(H,24,25);2*(H,6,7). The molecular weight excluding hydrogens is 636 g/mol. The molecule has 2 aliphatic rings. The van der Waals surface area contributed by atoms with Crippen LogP contribution in [0.3, 0.4) is 0 Å². The number of aliphatic carboxylic acids is 2. The van der Waals surface area contributed by atoms with E-state index in [0.29, 0.717) is 25.6 Å². The third-order valence-corrected chi connectivity index (χ3v) is 7.05. The second-order valence-electron chi connectivity index (χ2n) is 11.1. The zero-order valence-corrected chi connectivity index (χ0v) is 24.7. The van der Waals surface area contributed by atoms with Crippen LogP contribution in [0.4, 0.5) is 32.2 Å². The Balaban J connectivity index is 0.000000440. The number of benzene rings is 1. The molecule has 2 fully saturated rings. The number of para-hydroxylation sites is 1. The molecular formula is C27H33F6N5O8. The van der Waals surface area contributed by atoms with E-state index in [-0.39, 0.29) is 22.8 Å². The van der Waals surface area contributed by atoms with Crippen molar-refractivity contribution in [2.75, 3.05) is 32.8 Å². The molecule has 0 bridgehead atoms. The van der Waals surface area contributed by atoms with Gasteiger partial charge < -0.3 is 30.0 Å². The van der Waals surface area contributed by atoms with E-state index in [9.17, 15) is 41.3 Å². The van der Waals surface area contributed by atoms with Gasteiger partial charge in [-0.05, 0) is 54.7 Å². The number of amides is 1. The Kier molecular flexibility index (Phi) is 12.9. The molecule has 0 atom stereocenters. The highest BCUT2D eigenvalue weighted by Gasteiger charge is 2.43. The Morgan fingerprint density at radius 1 is 1.02 bits per heavy atom. The number of carboxylic acids is 2. The fraction of sp³-hybridized carbons (Fsp3) is 0.556. The summed E-state index contributed by atoms with van der Waals surface area (Å²) in [5, 5.41) is 31.2. The van der Waals surface area contributed by atoms with Gasteiger partial charge in [-0.1, -0.05) is 37.1 Å². The highest BCUT2D eigenvalue weighted by molar-refractivity contribution is 5.93. The molecule has 1 spiro atoms. The predicted octanol–water partition coefficient (Wildman–Crippen LogP) is 4.75. The number of nitrogens with one attached hydrogen (secondary N) is 1. The van der Waals surface area contributed by atoms with Crippen LogP contribution in [0.5, 0.6) is 5.75 Å². The molecule has 3 N–H and O–H groups in total. The molecule has 1 aromatic heterocycles. The summed E-state index contributed by atoms with van der Waals surface area (Å²) >= 11 is 0. The van der Waals surface area contributed by atoms with Gasteiger partial charge >= 0.3 is 30.1 Å². The summed E-state index contributed by atoms with van der Waals surface area (Å²) in [6, 6.07) is 9.47. The number of aromatic amines is 1. The van der Waals surface area contributed by atoms with E-state index in [1.165, 1.54) is 11.6 Å². The molecule has 0 radical (unpaired) electrons. The number of nitro groups is 1. The van der Waals surface area contributed by atoms with Crippen molar-refractivity contribution in [3.63, 3.8) is 0 Å². The van der Waals surface area contributed by atoms with Crippen molar-refractivity contribution in [1.82, 2.24) is 20.0 Å². The van der Waals surface area contributed by atoms with Gasteiger partial charge in [0.15, 0.2) is 5.69 Å². The Morgan fingerprint density at radius 2 is 1.54 bits per heavy atom. The summed E-state index contributed by atoms with van der Waals surface area (Å²) in [6.45, 7) is 9.20. The van der Waals surface area contributed by atoms with Crippen LogP contribution in [0, 0.1) is 21.4 Å². The summed E-state index contributed by atoms with van der Waals surface area (Å²) in [4.78, 5) is 45.1. The zero-order chi connectivity index (χ0) is 34.9. The molecule has 2 aliphatic heterocycles. The van der Waals surface area contributed by atoms with E-state index in [1.54, 1.807) is 4.90 Å². The molecule has 19 heteroatoms. The number of rotatable bonds is 7. The Morgan fingerprint density at radius 3 is 2.02 bits per heavy atom. The molecule has 256 valence electrons. The van der Waals surface area contributed by atoms with Gasteiger partial charge in [0, 0.05) is 25.2 Å². The van der Waals surface area contributed by atoms with Crippen molar-refractivity contribution >= 4 is 23.7 Å².